The lowest BCUT2D eigenvalue weighted by Crippen LogP contribution is -2.60. The Bertz CT molecular complexity index is 593. The number of amides is 1. The smallest absolute Gasteiger partial charge is 0.243 e. The highest BCUT2D eigenvalue weighted by atomic mass is 16.5. The Hall–Kier alpha value is -1.63. The third-order valence-electron chi connectivity index (χ3n) is 5.38. The summed E-state index contributed by atoms with van der Waals surface area (Å²) in [5.74, 6) is 0.938. The fraction of sp³-hybridized carbons (Fsp3) is 0.632. The molecule has 2 saturated heterocycles. The number of aliphatic hydroxyl groups is 2. The predicted octanol–water partition coefficient (Wildman–Crippen LogP) is 1.01. The largest absolute Gasteiger partial charge is 0.491 e. The number of carbonyl (C=O) groups excluding carboxylic acids is 1. The molecule has 1 spiro atoms. The molecule has 0 aromatic heterocycles. The highest BCUT2D eigenvalue weighted by molar-refractivity contribution is 5.87. The summed E-state index contributed by atoms with van der Waals surface area (Å²) in [7, 11) is 0. The van der Waals surface area contributed by atoms with Crippen LogP contribution in [0.1, 0.15) is 31.2 Å². The van der Waals surface area contributed by atoms with Crippen LogP contribution in [0.4, 0.5) is 0 Å². The first kappa shape index (κ1) is 18.2. The van der Waals surface area contributed by atoms with Gasteiger partial charge in [0.15, 0.2) is 0 Å². The zero-order valence-electron chi connectivity index (χ0n) is 14.7. The molecule has 2 N–H and O–H groups in total. The fourth-order valence-corrected chi connectivity index (χ4v) is 4.23. The Balaban J connectivity index is 1.79. The molecule has 1 unspecified atom stereocenters. The molecule has 3 rings (SSSR count). The van der Waals surface area contributed by atoms with Gasteiger partial charge in [0.05, 0.1) is 13.2 Å². The van der Waals surface area contributed by atoms with Crippen molar-refractivity contribution >= 4 is 5.91 Å². The average molecular weight is 348 g/mol. The van der Waals surface area contributed by atoms with Crippen LogP contribution in [0.25, 0.3) is 0 Å². The van der Waals surface area contributed by atoms with Crippen LogP contribution in [0.2, 0.25) is 0 Å². The molecule has 0 saturated carbocycles. The van der Waals surface area contributed by atoms with E-state index in [1.54, 1.807) is 0 Å². The van der Waals surface area contributed by atoms with Crippen molar-refractivity contribution in [3.05, 3.63) is 29.8 Å². The SMILES string of the molecule is O=C1N(CCO)CCCC12CCCN2Cc1ccccc1OCCO. The molecule has 0 aliphatic carbocycles. The molecule has 1 amide bonds. The number of ether oxygens (including phenoxy) is 1. The topological polar surface area (TPSA) is 73.2 Å². The number of benzene rings is 1. The van der Waals surface area contributed by atoms with Gasteiger partial charge in [-0.15, -0.1) is 0 Å². The van der Waals surface area contributed by atoms with Crippen molar-refractivity contribution in [1.29, 1.82) is 0 Å². The van der Waals surface area contributed by atoms with Crippen molar-refractivity contribution in [3.63, 3.8) is 0 Å². The molecule has 1 aromatic rings. The fourth-order valence-electron chi connectivity index (χ4n) is 4.23. The second-order valence-electron chi connectivity index (χ2n) is 6.86. The lowest BCUT2D eigenvalue weighted by Gasteiger charge is -2.44. The van der Waals surface area contributed by atoms with Gasteiger partial charge in [-0.1, -0.05) is 18.2 Å². The van der Waals surface area contributed by atoms with Gasteiger partial charge in [-0.2, -0.15) is 0 Å². The Morgan fingerprint density at radius 3 is 2.60 bits per heavy atom. The van der Waals surface area contributed by atoms with Crippen molar-refractivity contribution in [2.75, 3.05) is 39.5 Å². The van der Waals surface area contributed by atoms with E-state index in [0.717, 1.165) is 50.1 Å². The van der Waals surface area contributed by atoms with Gasteiger partial charge in [0.2, 0.25) is 5.91 Å². The van der Waals surface area contributed by atoms with E-state index in [2.05, 4.69) is 4.90 Å². The Morgan fingerprint density at radius 2 is 1.84 bits per heavy atom. The van der Waals surface area contributed by atoms with Crippen LogP contribution < -0.4 is 4.74 Å². The van der Waals surface area contributed by atoms with Crippen LogP contribution >= 0.6 is 0 Å². The van der Waals surface area contributed by atoms with Gasteiger partial charge < -0.3 is 19.8 Å². The molecule has 6 heteroatoms. The number of aliphatic hydroxyl groups excluding tert-OH is 2. The van der Waals surface area contributed by atoms with Crippen molar-refractivity contribution < 1.29 is 19.7 Å². The van der Waals surface area contributed by atoms with Crippen LogP contribution in [0.3, 0.4) is 0 Å². The lowest BCUT2D eigenvalue weighted by molar-refractivity contribution is -0.148. The highest BCUT2D eigenvalue weighted by Gasteiger charge is 2.50. The van der Waals surface area contributed by atoms with E-state index < -0.39 is 5.54 Å². The standard InChI is InChI=1S/C19H28N2O4/c22-12-11-20-9-3-7-19(18(20)24)8-4-10-21(19)15-16-5-1-2-6-17(16)25-14-13-23/h1-2,5-6,22-23H,3-4,7-15H2. The first-order valence-electron chi connectivity index (χ1n) is 9.18. The third kappa shape index (κ3) is 3.66. The minimum Gasteiger partial charge on any atom is -0.491 e. The summed E-state index contributed by atoms with van der Waals surface area (Å²) in [6, 6.07) is 7.83. The third-order valence-corrected chi connectivity index (χ3v) is 5.38. The first-order chi connectivity index (χ1) is 12.2. The molecule has 1 aromatic carbocycles. The van der Waals surface area contributed by atoms with Crippen molar-refractivity contribution in [2.24, 2.45) is 0 Å². The van der Waals surface area contributed by atoms with Gasteiger partial charge in [-0.25, -0.2) is 0 Å². The first-order valence-corrected chi connectivity index (χ1v) is 9.18. The van der Waals surface area contributed by atoms with Gasteiger partial charge in [0.1, 0.15) is 17.9 Å². The maximum atomic E-state index is 13.1. The summed E-state index contributed by atoms with van der Waals surface area (Å²) in [4.78, 5) is 17.2. The number of carbonyl (C=O) groups is 1. The minimum absolute atomic E-state index is 0.0135. The summed E-state index contributed by atoms with van der Waals surface area (Å²) in [6.07, 6.45) is 3.75. The number of rotatable bonds is 7. The van der Waals surface area contributed by atoms with Gasteiger partial charge in [0, 0.05) is 25.2 Å². The monoisotopic (exact) mass is 348 g/mol. The lowest BCUT2D eigenvalue weighted by atomic mass is 9.85. The number of para-hydroxylation sites is 1. The van der Waals surface area contributed by atoms with Crippen LogP contribution in [0.15, 0.2) is 24.3 Å². The predicted molar refractivity (Wildman–Crippen MR) is 94.3 cm³/mol. The summed E-state index contributed by atoms with van der Waals surface area (Å²) < 4.78 is 5.65. The summed E-state index contributed by atoms with van der Waals surface area (Å²) in [5.41, 5.74) is 0.613. The second-order valence-corrected chi connectivity index (χ2v) is 6.86. The van der Waals surface area contributed by atoms with E-state index in [0.29, 0.717) is 13.1 Å². The molecule has 0 radical (unpaired) electrons. The van der Waals surface area contributed by atoms with Crippen LogP contribution in [-0.4, -0.2) is 70.9 Å². The second kappa shape index (κ2) is 8.17. The Labute approximate surface area is 149 Å². The zero-order valence-corrected chi connectivity index (χ0v) is 14.7. The molecule has 2 aliphatic heterocycles. The molecule has 2 fully saturated rings. The van der Waals surface area contributed by atoms with Crippen molar-refractivity contribution in [2.45, 2.75) is 37.8 Å². The van der Waals surface area contributed by atoms with Crippen molar-refractivity contribution in [1.82, 2.24) is 9.80 Å². The van der Waals surface area contributed by atoms with Gasteiger partial charge in [-0.3, -0.25) is 9.69 Å². The maximum absolute atomic E-state index is 13.1. The average Bonchev–Trinajstić information content (AvgIpc) is 3.02. The number of piperidine rings is 1. The van der Waals surface area contributed by atoms with E-state index in [-0.39, 0.29) is 25.7 Å². The van der Waals surface area contributed by atoms with E-state index in [1.807, 2.05) is 29.2 Å². The Kier molecular flexibility index (Phi) is 5.93. The molecule has 6 nitrogen and oxygen atoms in total. The number of β-amino-alcohol motifs (C(OH)–C–C–N with tert-alkyl or cyclic N) is 1. The Morgan fingerprint density at radius 1 is 1.08 bits per heavy atom. The molecule has 2 heterocycles. The van der Waals surface area contributed by atoms with E-state index >= 15 is 0 Å². The summed E-state index contributed by atoms with van der Waals surface area (Å²) in [5, 5.41) is 18.3. The van der Waals surface area contributed by atoms with Gasteiger partial charge in [0.25, 0.3) is 0 Å². The zero-order chi connectivity index (χ0) is 17.7. The van der Waals surface area contributed by atoms with Gasteiger partial charge >= 0.3 is 0 Å². The molecule has 138 valence electrons. The molecular formula is C19H28N2O4. The normalized spacial score (nSPS) is 24.2. The van der Waals surface area contributed by atoms with E-state index in [4.69, 9.17) is 9.84 Å². The number of hydrogen-bond acceptors (Lipinski definition) is 5. The molecule has 2 aliphatic rings. The molecule has 1 atom stereocenters. The molecular weight excluding hydrogens is 320 g/mol. The summed E-state index contributed by atoms with van der Waals surface area (Å²) >= 11 is 0. The quantitative estimate of drug-likeness (QED) is 0.769. The number of hydrogen-bond donors (Lipinski definition) is 2. The molecule has 25 heavy (non-hydrogen) atoms. The van der Waals surface area contributed by atoms with E-state index in [1.165, 1.54) is 0 Å². The number of nitrogens with zero attached hydrogens (tertiary/aromatic N) is 2. The molecule has 0 bridgehead atoms. The summed E-state index contributed by atoms with van der Waals surface area (Å²) in [6.45, 7) is 2.99. The maximum Gasteiger partial charge on any atom is 0.243 e. The van der Waals surface area contributed by atoms with Crippen LogP contribution in [0, 0.1) is 0 Å². The van der Waals surface area contributed by atoms with E-state index in [9.17, 15) is 9.90 Å². The van der Waals surface area contributed by atoms with Crippen LogP contribution in [-0.2, 0) is 11.3 Å². The minimum atomic E-state index is -0.433. The van der Waals surface area contributed by atoms with Crippen molar-refractivity contribution in [3.8, 4) is 5.75 Å². The number of likely N-dealkylation sites (tertiary alicyclic amines) is 2. The highest BCUT2D eigenvalue weighted by Crippen LogP contribution is 2.39. The van der Waals surface area contributed by atoms with Gasteiger partial charge in [-0.05, 0) is 38.3 Å². The van der Waals surface area contributed by atoms with Crippen LogP contribution in [0.5, 0.6) is 5.75 Å².